The van der Waals surface area contributed by atoms with Crippen LogP contribution in [0.3, 0.4) is 0 Å². The van der Waals surface area contributed by atoms with E-state index in [1.165, 1.54) is 24.8 Å². The molecular weight excluding hydrogens is 310 g/mol. The summed E-state index contributed by atoms with van der Waals surface area (Å²) < 4.78 is 0. The summed E-state index contributed by atoms with van der Waals surface area (Å²) in [5, 5.41) is 3.37. The van der Waals surface area contributed by atoms with Gasteiger partial charge in [-0.15, -0.1) is 0 Å². The predicted molar refractivity (Wildman–Crippen MR) is 102 cm³/mol. The van der Waals surface area contributed by atoms with E-state index < -0.39 is 0 Å². The van der Waals surface area contributed by atoms with Gasteiger partial charge in [-0.2, -0.15) is 0 Å². The molecule has 2 aliphatic heterocycles. The van der Waals surface area contributed by atoms with Gasteiger partial charge in [0.05, 0.1) is 6.04 Å². The molecule has 4 nitrogen and oxygen atoms in total. The summed E-state index contributed by atoms with van der Waals surface area (Å²) in [4.78, 5) is 17.7. The Kier molecular flexibility index (Phi) is 6.88. The number of hydrogen-bond acceptors (Lipinski definition) is 3. The molecule has 3 rings (SSSR count). The van der Waals surface area contributed by atoms with Crippen LogP contribution in [0.5, 0.6) is 0 Å². The second-order valence-corrected chi connectivity index (χ2v) is 7.62. The van der Waals surface area contributed by atoms with Crippen molar-refractivity contribution in [2.45, 2.75) is 64.1 Å². The van der Waals surface area contributed by atoms with Gasteiger partial charge in [-0.3, -0.25) is 14.6 Å². The smallest absolute Gasteiger partial charge is 0.237 e. The summed E-state index contributed by atoms with van der Waals surface area (Å²) in [6.07, 6.45) is 6.84. The van der Waals surface area contributed by atoms with Crippen LogP contribution >= 0.6 is 0 Å². The molecule has 2 aliphatic rings. The maximum atomic E-state index is 12.8. The molecule has 2 fully saturated rings. The van der Waals surface area contributed by atoms with Crippen molar-refractivity contribution in [1.82, 2.24) is 15.1 Å². The Morgan fingerprint density at radius 1 is 1.12 bits per heavy atom. The van der Waals surface area contributed by atoms with Crippen LogP contribution in [0.25, 0.3) is 0 Å². The third kappa shape index (κ3) is 5.29. The molecule has 2 heterocycles. The maximum absolute atomic E-state index is 12.8. The molecule has 4 heteroatoms. The highest BCUT2D eigenvalue weighted by Gasteiger charge is 2.30. The predicted octanol–water partition coefficient (Wildman–Crippen LogP) is 3.03. The van der Waals surface area contributed by atoms with E-state index in [0.29, 0.717) is 6.04 Å². The number of hydrogen-bond donors (Lipinski definition) is 1. The van der Waals surface area contributed by atoms with Crippen molar-refractivity contribution in [3.05, 3.63) is 35.9 Å². The molecule has 138 valence electrons. The van der Waals surface area contributed by atoms with E-state index in [2.05, 4.69) is 52.4 Å². The van der Waals surface area contributed by atoms with E-state index in [1.54, 1.807) is 0 Å². The highest BCUT2D eigenvalue weighted by Crippen LogP contribution is 2.19. The molecule has 1 aromatic carbocycles. The van der Waals surface area contributed by atoms with Crippen molar-refractivity contribution in [1.29, 1.82) is 0 Å². The lowest BCUT2D eigenvalue weighted by molar-refractivity contribution is -0.128. The Morgan fingerprint density at radius 3 is 2.76 bits per heavy atom. The molecule has 2 saturated heterocycles. The van der Waals surface area contributed by atoms with Gasteiger partial charge in [-0.25, -0.2) is 0 Å². The van der Waals surface area contributed by atoms with Gasteiger partial charge < -0.3 is 5.32 Å². The topological polar surface area (TPSA) is 35.6 Å². The molecule has 1 N–H and O–H groups in total. The van der Waals surface area contributed by atoms with E-state index in [4.69, 9.17) is 0 Å². The highest BCUT2D eigenvalue weighted by molar-refractivity contribution is 5.82. The van der Waals surface area contributed by atoms with E-state index >= 15 is 0 Å². The Labute approximate surface area is 152 Å². The lowest BCUT2D eigenvalue weighted by atomic mass is 9.99. The van der Waals surface area contributed by atoms with Crippen LogP contribution in [0.1, 0.15) is 51.0 Å². The van der Waals surface area contributed by atoms with Crippen LogP contribution in [-0.2, 0) is 11.3 Å². The minimum Gasteiger partial charge on any atom is -0.351 e. The quantitative estimate of drug-likeness (QED) is 0.862. The van der Waals surface area contributed by atoms with Crippen LogP contribution in [0.2, 0.25) is 0 Å². The molecule has 2 unspecified atom stereocenters. The first-order valence-electron chi connectivity index (χ1n) is 10.1. The van der Waals surface area contributed by atoms with Crippen molar-refractivity contribution in [3.8, 4) is 0 Å². The lowest BCUT2D eigenvalue weighted by Crippen LogP contribution is -2.55. The molecule has 0 radical (unpaired) electrons. The molecule has 0 bridgehead atoms. The van der Waals surface area contributed by atoms with Crippen LogP contribution in [0.4, 0.5) is 0 Å². The Hall–Kier alpha value is -1.39. The zero-order valence-electron chi connectivity index (χ0n) is 15.6. The van der Waals surface area contributed by atoms with Gasteiger partial charge in [0.2, 0.25) is 5.91 Å². The van der Waals surface area contributed by atoms with Gasteiger partial charge in [-0.1, -0.05) is 43.7 Å². The monoisotopic (exact) mass is 343 g/mol. The molecule has 0 saturated carbocycles. The number of likely N-dealkylation sites (tertiary alicyclic amines) is 2. The fourth-order valence-electron chi connectivity index (χ4n) is 4.30. The average molecular weight is 344 g/mol. The van der Waals surface area contributed by atoms with Crippen molar-refractivity contribution in [2.24, 2.45) is 0 Å². The van der Waals surface area contributed by atoms with Gasteiger partial charge >= 0.3 is 0 Å². The minimum absolute atomic E-state index is 0.0956. The van der Waals surface area contributed by atoms with Crippen molar-refractivity contribution in [3.63, 3.8) is 0 Å². The molecule has 0 aromatic heterocycles. The summed E-state index contributed by atoms with van der Waals surface area (Å²) >= 11 is 0. The summed E-state index contributed by atoms with van der Waals surface area (Å²) in [7, 11) is 0. The van der Waals surface area contributed by atoms with Crippen LogP contribution in [-0.4, -0.2) is 54.0 Å². The third-order valence-electron chi connectivity index (χ3n) is 5.53. The number of amides is 1. The zero-order valence-corrected chi connectivity index (χ0v) is 15.6. The van der Waals surface area contributed by atoms with E-state index in [0.717, 1.165) is 52.0 Å². The molecule has 25 heavy (non-hydrogen) atoms. The fourth-order valence-corrected chi connectivity index (χ4v) is 4.30. The molecular formula is C21H33N3O. The molecule has 1 aromatic rings. The maximum Gasteiger partial charge on any atom is 0.237 e. The first-order chi connectivity index (χ1) is 12.3. The molecule has 0 aliphatic carbocycles. The van der Waals surface area contributed by atoms with Crippen molar-refractivity contribution >= 4 is 5.91 Å². The lowest BCUT2D eigenvalue weighted by Gasteiger charge is -2.37. The standard InChI is InChI=1S/C21H33N3O/c1-2-13-24-15-7-6-12-20(24)21(25)22-19-11-8-14-23(17-19)16-18-9-4-3-5-10-18/h3-5,9-10,19-20H,2,6-8,11-17H2,1H3,(H,22,25). The molecule has 0 spiro atoms. The Balaban J connectivity index is 1.52. The molecule has 1 amide bonds. The SMILES string of the molecule is CCCN1CCCCC1C(=O)NC1CCCN(Cc2ccccc2)C1. The van der Waals surface area contributed by atoms with Crippen LogP contribution in [0, 0.1) is 0 Å². The second-order valence-electron chi connectivity index (χ2n) is 7.62. The minimum atomic E-state index is 0.0956. The summed E-state index contributed by atoms with van der Waals surface area (Å²) in [6, 6.07) is 11.0. The van der Waals surface area contributed by atoms with E-state index in [9.17, 15) is 4.79 Å². The number of benzene rings is 1. The van der Waals surface area contributed by atoms with Crippen LogP contribution < -0.4 is 5.32 Å². The van der Waals surface area contributed by atoms with Gasteiger partial charge in [0, 0.05) is 19.1 Å². The van der Waals surface area contributed by atoms with Crippen molar-refractivity contribution in [2.75, 3.05) is 26.2 Å². The fraction of sp³-hybridized carbons (Fsp3) is 0.667. The van der Waals surface area contributed by atoms with Gasteiger partial charge in [-0.05, 0) is 57.3 Å². The first-order valence-corrected chi connectivity index (χ1v) is 10.1. The Bertz CT molecular complexity index is 531. The van der Waals surface area contributed by atoms with Gasteiger partial charge in [0.1, 0.15) is 0 Å². The van der Waals surface area contributed by atoms with Gasteiger partial charge in [0.25, 0.3) is 0 Å². The number of piperidine rings is 2. The summed E-state index contributed by atoms with van der Waals surface area (Å²) in [5.74, 6) is 0.264. The normalized spacial score (nSPS) is 25.6. The van der Waals surface area contributed by atoms with E-state index in [-0.39, 0.29) is 11.9 Å². The number of nitrogens with zero attached hydrogens (tertiary/aromatic N) is 2. The first kappa shape index (κ1) is 18.4. The average Bonchev–Trinajstić information content (AvgIpc) is 2.63. The number of rotatable bonds is 6. The third-order valence-corrected chi connectivity index (χ3v) is 5.53. The zero-order chi connectivity index (χ0) is 17.5. The second kappa shape index (κ2) is 9.35. The highest BCUT2D eigenvalue weighted by atomic mass is 16.2. The summed E-state index contributed by atoms with van der Waals surface area (Å²) in [5.41, 5.74) is 1.36. The number of carbonyl (C=O) groups excluding carboxylic acids is 1. The van der Waals surface area contributed by atoms with Crippen LogP contribution in [0.15, 0.2) is 30.3 Å². The van der Waals surface area contributed by atoms with E-state index in [1.807, 2.05) is 0 Å². The largest absolute Gasteiger partial charge is 0.351 e. The number of nitrogens with one attached hydrogen (secondary N) is 1. The molecule has 2 atom stereocenters. The Morgan fingerprint density at radius 2 is 1.96 bits per heavy atom. The van der Waals surface area contributed by atoms with Gasteiger partial charge in [0.15, 0.2) is 0 Å². The summed E-state index contributed by atoms with van der Waals surface area (Å²) in [6.45, 7) is 7.41. The number of carbonyl (C=O) groups is 1. The van der Waals surface area contributed by atoms with Crippen molar-refractivity contribution < 1.29 is 4.79 Å².